The maximum atomic E-state index is 2.30. The van der Waals surface area contributed by atoms with Crippen molar-refractivity contribution in [3.8, 4) is 0 Å². The Morgan fingerprint density at radius 3 is 2.33 bits per heavy atom. The summed E-state index contributed by atoms with van der Waals surface area (Å²) in [5, 5.41) is 0. The van der Waals surface area contributed by atoms with Crippen LogP contribution in [0.2, 0.25) is 0 Å². The molecule has 0 nitrogen and oxygen atoms in total. The monoisotopic (exact) mass is 120 g/mol. The quantitative estimate of drug-likeness (QED) is 0.525. The molecule has 2 rings (SSSR count). The first-order chi connectivity index (χ1) is 4.45. The Hall–Kier alpha value is -0.520. The lowest BCUT2D eigenvalue weighted by molar-refractivity contribution is 0.644. The van der Waals surface area contributed by atoms with Gasteiger partial charge < -0.3 is 0 Å². The SMILES string of the molecule is C1=CC(CC2CC2)C=C1. The number of rotatable bonds is 2. The first-order valence-corrected chi connectivity index (χ1v) is 3.80. The van der Waals surface area contributed by atoms with Gasteiger partial charge in [0.15, 0.2) is 0 Å². The fourth-order valence-corrected chi connectivity index (χ4v) is 1.37. The van der Waals surface area contributed by atoms with Gasteiger partial charge in [-0.1, -0.05) is 37.1 Å². The van der Waals surface area contributed by atoms with Crippen LogP contribution in [-0.2, 0) is 0 Å². The minimum absolute atomic E-state index is 0.789. The van der Waals surface area contributed by atoms with E-state index in [0.717, 1.165) is 11.8 Å². The third-order valence-corrected chi connectivity index (χ3v) is 2.13. The highest BCUT2D eigenvalue weighted by Gasteiger charge is 2.23. The molecular formula is C9H12. The van der Waals surface area contributed by atoms with Crippen LogP contribution in [0.5, 0.6) is 0 Å². The first-order valence-electron chi connectivity index (χ1n) is 3.80. The Labute approximate surface area is 56.3 Å². The summed E-state index contributed by atoms with van der Waals surface area (Å²) in [5.41, 5.74) is 0. The van der Waals surface area contributed by atoms with Crippen LogP contribution in [-0.4, -0.2) is 0 Å². The third-order valence-electron chi connectivity index (χ3n) is 2.13. The molecule has 0 aromatic heterocycles. The van der Waals surface area contributed by atoms with Crippen molar-refractivity contribution in [3.05, 3.63) is 24.3 Å². The molecule has 2 aliphatic rings. The standard InChI is InChI=1S/C9H12/c1-2-4-8(3-1)7-9-5-6-9/h1-4,8-9H,5-7H2. The molecule has 0 saturated heterocycles. The van der Waals surface area contributed by atoms with Crippen molar-refractivity contribution >= 4 is 0 Å². The van der Waals surface area contributed by atoms with Gasteiger partial charge in [0.25, 0.3) is 0 Å². The number of hydrogen-bond donors (Lipinski definition) is 0. The van der Waals surface area contributed by atoms with E-state index in [9.17, 15) is 0 Å². The van der Waals surface area contributed by atoms with Gasteiger partial charge >= 0.3 is 0 Å². The van der Waals surface area contributed by atoms with Crippen LogP contribution in [0.25, 0.3) is 0 Å². The van der Waals surface area contributed by atoms with Crippen LogP contribution in [0, 0.1) is 11.8 Å². The van der Waals surface area contributed by atoms with E-state index in [4.69, 9.17) is 0 Å². The van der Waals surface area contributed by atoms with Crippen molar-refractivity contribution in [2.75, 3.05) is 0 Å². The largest absolute Gasteiger partial charge is 0.0776 e. The van der Waals surface area contributed by atoms with Crippen molar-refractivity contribution in [3.63, 3.8) is 0 Å². The summed E-state index contributed by atoms with van der Waals surface area (Å²) in [4.78, 5) is 0. The van der Waals surface area contributed by atoms with Gasteiger partial charge in [-0.05, 0) is 18.3 Å². The van der Waals surface area contributed by atoms with Gasteiger partial charge in [0.1, 0.15) is 0 Å². The number of hydrogen-bond acceptors (Lipinski definition) is 0. The van der Waals surface area contributed by atoms with Crippen LogP contribution in [0.3, 0.4) is 0 Å². The summed E-state index contributed by atoms with van der Waals surface area (Å²) in [5.74, 6) is 1.86. The molecule has 0 spiro atoms. The van der Waals surface area contributed by atoms with Crippen LogP contribution in [0.15, 0.2) is 24.3 Å². The normalized spacial score (nSPS) is 25.8. The Bertz CT molecular complexity index is 137. The second kappa shape index (κ2) is 2.02. The average Bonchev–Trinajstić information content (AvgIpc) is 2.46. The Balaban J connectivity index is 1.84. The Morgan fingerprint density at radius 1 is 1.11 bits per heavy atom. The molecule has 2 aliphatic carbocycles. The zero-order valence-corrected chi connectivity index (χ0v) is 5.59. The molecule has 0 radical (unpaired) electrons. The molecule has 0 amide bonds. The summed E-state index contributed by atoms with van der Waals surface area (Å²) >= 11 is 0. The Kier molecular flexibility index (Phi) is 1.18. The molecule has 0 aliphatic heterocycles. The van der Waals surface area contributed by atoms with E-state index >= 15 is 0 Å². The highest BCUT2D eigenvalue weighted by atomic mass is 14.3. The molecule has 1 saturated carbocycles. The van der Waals surface area contributed by atoms with Crippen LogP contribution in [0.4, 0.5) is 0 Å². The lowest BCUT2D eigenvalue weighted by Crippen LogP contribution is -1.89. The summed E-state index contributed by atoms with van der Waals surface area (Å²) in [7, 11) is 0. The van der Waals surface area contributed by atoms with Crippen molar-refractivity contribution in [2.45, 2.75) is 19.3 Å². The van der Waals surface area contributed by atoms with Gasteiger partial charge in [-0.15, -0.1) is 0 Å². The van der Waals surface area contributed by atoms with Crippen LogP contribution in [0.1, 0.15) is 19.3 Å². The van der Waals surface area contributed by atoms with Crippen LogP contribution >= 0.6 is 0 Å². The smallest absolute Gasteiger partial charge is 0.00446 e. The maximum absolute atomic E-state index is 2.30. The molecule has 0 unspecified atom stereocenters. The topological polar surface area (TPSA) is 0 Å². The van der Waals surface area contributed by atoms with Crippen LogP contribution < -0.4 is 0 Å². The van der Waals surface area contributed by atoms with Crippen molar-refractivity contribution in [1.29, 1.82) is 0 Å². The highest BCUT2D eigenvalue weighted by molar-refractivity contribution is 5.17. The highest BCUT2D eigenvalue weighted by Crippen LogP contribution is 2.36. The third kappa shape index (κ3) is 1.24. The fraction of sp³-hybridized carbons (Fsp3) is 0.556. The Morgan fingerprint density at radius 2 is 1.78 bits per heavy atom. The molecule has 0 atom stereocenters. The van der Waals surface area contributed by atoms with Gasteiger partial charge in [-0.2, -0.15) is 0 Å². The zero-order valence-electron chi connectivity index (χ0n) is 5.59. The predicted molar refractivity (Wildman–Crippen MR) is 39.1 cm³/mol. The van der Waals surface area contributed by atoms with Gasteiger partial charge in [-0.3, -0.25) is 0 Å². The minimum Gasteiger partial charge on any atom is -0.0776 e. The van der Waals surface area contributed by atoms with Gasteiger partial charge in [0, 0.05) is 0 Å². The van der Waals surface area contributed by atoms with E-state index in [1.165, 1.54) is 19.3 Å². The van der Waals surface area contributed by atoms with E-state index < -0.39 is 0 Å². The summed E-state index contributed by atoms with van der Waals surface area (Å²) in [6, 6.07) is 0. The molecule has 9 heavy (non-hydrogen) atoms. The van der Waals surface area contributed by atoms with E-state index in [2.05, 4.69) is 24.3 Å². The fourth-order valence-electron chi connectivity index (χ4n) is 1.37. The van der Waals surface area contributed by atoms with Gasteiger partial charge in [-0.25, -0.2) is 0 Å². The molecule has 0 aromatic rings. The lowest BCUT2D eigenvalue weighted by atomic mass is 10.1. The van der Waals surface area contributed by atoms with Crippen molar-refractivity contribution in [1.82, 2.24) is 0 Å². The molecule has 0 N–H and O–H groups in total. The average molecular weight is 120 g/mol. The van der Waals surface area contributed by atoms with E-state index in [-0.39, 0.29) is 0 Å². The molecule has 0 heteroatoms. The minimum atomic E-state index is 0.789. The molecule has 0 aromatic carbocycles. The van der Waals surface area contributed by atoms with Gasteiger partial charge in [0.2, 0.25) is 0 Å². The lowest BCUT2D eigenvalue weighted by Gasteiger charge is -2.00. The predicted octanol–water partition coefficient (Wildman–Crippen LogP) is 2.53. The summed E-state index contributed by atoms with van der Waals surface area (Å²) < 4.78 is 0. The molecular weight excluding hydrogens is 108 g/mol. The molecule has 1 fully saturated rings. The number of allylic oxidation sites excluding steroid dienone is 4. The first kappa shape index (κ1) is 5.28. The second-order valence-corrected chi connectivity index (χ2v) is 3.11. The van der Waals surface area contributed by atoms with Gasteiger partial charge in [0.05, 0.1) is 0 Å². The van der Waals surface area contributed by atoms with E-state index in [1.54, 1.807) is 0 Å². The van der Waals surface area contributed by atoms with E-state index in [0.29, 0.717) is 0 Å². The van der Waals surface area contributed by atoms with E-state index in [1.807, 2.05) is 0 Å². The molecule has 0 heterocycles. The molecule has 48 valence electrons. The zero-order chi connectivity index (χ0) is 6.10. The maximum Gasteiger partial charge on any atom is -0.00446 e. The summed E-state index contributed by atoms with van der Waals surface area (Å²) in [6.07, 6.45) is 13.3. The van der Waals surface area contributed by atoms with Crippen molar-refractivity contribution < 1.29 is 0 Å². The second-order valence-electron chi connectivity index (χ2n) is 3.11. The van der Waals surface area contributed by atoms with Crippen molar-refractivity contribution in [2.24, 2.45) is 11.8 Å². The molecule has 0 bridgehead atoms. The summed E-state index contributed by atoms with van der Waals surface area (Å²) in [6.45, 7) is 0.